The smallest absolute Gasteiger partial charge is 0.243 e. The van der Waals surface area contributed by atoms with Gasteiger partial charge in [0.15, 0.2) is 0 Å². The number of sulfonamides is 1. The average Bonchev–Trinajstić information content (AvgIpc) is 3.02. The van der Waals surface area contributed by atoms with Crippen molar-refractivity contribution in [2.24, 2.45) is 0 Å². The molecule has 5 nitrogen and oxygen atoms in total. The summed E-state index contributed by atoms with van der Waals surface area (Å²) >= 11 is 3.43. The Labute approximate surface area is 144 Å². The van der Waals surface area contributed by atoms with E-state index >= 15 is 0 Å². The summed E-state index contributed by atoms with van der Waals surface area (Å²) in [6.07, 6.45) is 5.89. The highest BCUT2D eigenvalue weighted by Gasteiger charge is 2.33. The van der Waals surface area contributed by atoms with Crippen molar-refractivity contribution in [3.63, 3.8) is 0 Å². The third kappa shape index (κ3) is 3.19. The molecule has 23 heavy (non-hydrogen) atoms. The lowest BCUT2D eigenvalue weighted by Gasteiger charge is -2.18. The van der Waals surface area contributed by atoms with E-state index in [-0.39, 0.29) is 6.04 Å². The molecule has 1 aliphatic rings. The van der Waals surface area contributed by atoms with E-state index in [1.54, 1.807) is 34.9 Å². The van der Waals surface area contributed by atoms with Crippen molar-refractivity contribution < 1.29 is 8.42 Å². The molecule has 0 saturated carbocycles. The fourth-order valence-corrected chi connectivity index (χ4v) is 5.30. The lowest BCUT2D eigenvalue weighted by molar-refractivity contribution is 0.462. The van der Waals surface area contributed by atoms with E-state index < -0.39 is 10.0 Å². The van der Waals surface area contributed by atoms with Gasteiger partial charge >= 0.3 is 0 Å². The predicted molar refractivity (Wildman–Crippen MR) is 94.8 cm³/mol. The van der Waals surface area contributed by atoms with Gasteiger partial charge in [0, 0.05) is 53.3 Å². The van der Waals surface area contributed by atoms with Gasteiger partial charge in [0.05, 0.1) is 4.90 Å². The number of benzene rings is 1. The van der Waals surface area contributed by atoms with E-state index in [0.29, 0.717) is 34.4 Å². The van der Waals surface area contributed by atoms with Gasteiger partial charge in [0.1, 0.15) is 0 Å². The van der Waals surface area contributed by atoms with E-state index in [0.717, 1.165) is 11.8 Å². The maximum absolute atomic E-state index is 13.1. The van der Waals surface area contributed by atoms with Crippen LogP contribution in [0, 0.1) is 0 Å². The highest BCUT2D eigenvalue weighted by Crippen LogP contribution is 2.32. The van der Waals surface area contributed by atoms with Crippen molar-refractivity contribution in [1.29, 1.82) is 0 Å². The Morgan fingerprint density at radius 1 is 1.43 bits per heavy atom. The van der Waals surface area contributed by atoms with E-state index in [4.69, 9.17) is 0 Å². The highest BCUT2D eigenvalue weighted by atomic mass is 79.9. The second-order valence-corrected chi connectivity index (χ2v) is 8.28. The summed E-state index contributed by atoms with van der Waals surface area (Å²) in [7, 11) is -3.54. The first-order valence-corrected chi connectivity index (χ1v) is 9.64. The van der Waals surface area contributed by atoms with Crippen LogP contribution in [-0.2, 0) is 10.0 Å². The Kier molecular flexibility index (Phi) is 4.82. The summed E-state index contributed by atoms with van der Waals surface area (Å²) in [6.45, 7) is 5.37. The third-order valence-electron chi connectivity index (χ3n) is 4.02. The Morgan fingerprint density at radius 2 is 2.26 bits per heavy atom. The van der Waals surface area contributed by atoms with Crippen LogP contribution in [0.3, 0.4) is 0 Å². The van der Waals surface area contributed by atoms with Crippen molar-refractivity contribution in [2.45, 2.75) is 17.4 Å². The molecule has 0 aliphatic carbocycles. The lowest BCUT2D eigenvalue weighted by Crippen LogP contribution is -2.35. The van der Waals surface area contributed by atoms with Crippen LogP contribution in [0.1, 0.15) is 6.42 Å². The number of hydrogen-bond donors (Lipinski definition) is 1. The maximum atomic E-state index is 13.1. The topological polar surface area (TPSA) is 62.3 Å². The number of nitrogens with zero attached hydrogens (tertiary/aromatic N) is 2. The Balaban J connectivity index is 1.97. The minimum Gasteiger partial charge on any atom is -0.309 e. The van der Waals surface area contributed by atoms with Crippen molar-refractivity contribution in [3.8, 4) is 0 Å². The first-order chi connectivity index (χ1) is 11.0. The molecule has 0 spiro atoms. The number of rotatable bonds is 5. The van der Waals surface area contributed by atoms with Crippen molar-refractivity contribution in [3.05, 3.63) is 47.7 Å². The molecule has 0 unspecified atom stereocenters. The number of nitrogens with one attached hydrogen (secondary N) is 1. The summed E-state index contributed by atoms with van der Waals surface area (Å²) in [5, 5.41) is 4.78. The van der Waals surface area contributed by atoms with Crippen LogP contribution in [0.4, 0.5) is 0 Å². The van der Waals surface area contributed by atoms with Crippen molar-refractivity contribution in [2.75, 3.05) is 19.6 Å². The van der Waals surface area contributed by atoms with Crippen LogP contribution in [0.25, 0.3) is 10.8 Å². The van der Waals surface area contributed by atoms with E-state index in [1.807, 2.05) is 6.07 Å². The molecule has 0 amide bonds. The summed E-state index contributed by atoms with van der Waals surface area (Å²) in [5.74, 6) is 0. The second-order valence-electron chi connectivity index (χ2n) is 5.52. The second kappa shape index (κ2) is 6.68. The molecular formula is C16H18BrN3O2S. The van der Waals surface area contributed by atoms with Gasteiger partial charge < -0.3 is 5.32 Å². The van der Waals surface area contributed by atoms with Crippen LogP contribution >= 0.6 is 15.9 Å². The molecule has 1 aromatic carbocycles. The zero-order valence-electron chi connectivity index (χ0n) is 12.6. The summed E-state index contributed by atoms with van der Waals surface area (Å²) < 4.78 is 28.4. The third-order valence-corrected chi connectivity index (χ3v) is 6.53. The Bertz CT molecular complexity index is 833. The molecule has 122 valence electrons. The van der Waals surface area contributed by atoms with E-state index in [1.165, 1.54) is 0 Å². The standard InChI is InChI=1S/C16H18BrN3O2S/c1-2-7-19-13-6-8-20(11-13)23(21,22)15-5-3-4-12-9-18-10-14(17)16(12)15/h2-5,9-10,13,19H,1,6-8,11H2/t13-/m0/s1. The summed E-state index contributed by atoms with van der Waals surface area (Å²) in [5.41, 5.74) is 0. The molecule has 7 heteroatoms. The normalized spacial score (nSPS) is 19.3. The molecule has 2 aromatic rings. The van der Waals surface area contributed by atoms with E-state index in [2.05, 4.69) is 32.8 Å². The fourth-order valence-electron chi connectivity index (χ4n) is 2.88. The molecule has 1 aliphatic heterocycles. The molecule has 1 atom stereocenters. The quantitative estimate of drug-likeness (QED) is 0.790. The number of hydrogen-bond acceptors (Lipinski definition) is 4. The van der Waals surface area contributed by atoms with Crippen LogP contribution in [0.5, 0.6) is 0 Å². The van der Waals surface area contributed by atoms with Gasteiger partial charge in [-0.2, -0.15) is 4.31 Å². The minimum atomic E-state index is -3.54. The van der Waals surface area contributed by atoms with Crippen LogP contribution < -0.4 is 5.32 Å². The van der Waals surface area contributed by atoms with Crippen molar-refractivity contribution >= 4 is 36.7 Å². The molecule has 1 fully saturated rings. The van der Waals surface area contributed by atoms with Gasteiger partial charge in [-0.25, -0.2) is 8.42 Å². The van der Waals surface area contributed by atoms with Gasteiger partial charge in [0.25, 0.3) is 0 Å². The molecule has 1 N–H and O–H groups in total. The van der Waals surface area contributed by atoms with Crippen LogP contribution in [0.2, 0.25) is 0 Å². The Morgan fingerprint density at radius 3 is 3.04 bits per heavy atom. The van der Waals surface area contributed by atoms with Gasteiger partial charge in [-0.15, -0.1) is 6.58 Å². The average molecular weight is 396 g/mol. The number of fused-ring (bicyclic) bond motifs is 1. The van der Waals surface area contributed by atoms with Gasteiger partial charge in [-0.1, -0.05) is 18.2 Å². The molecule has 1 saturated heterocycles. The lowest BCUT2D eigenvalue weighted by atomic mass is 10.2. The maximum Gasteiger partial charge on any atom is 0.243 e. The minimum absolute atomic E-state index is 0.169. The van der Waals surface area contributed by atoms with E-state index in [9.17, 15) is 8.42 Å². The molecular weight excluding hydrogens is 378 g/mol. The largest absolute Gasteiger partial charge is 0.309 e. The highest BCUT2D eigenvalue weighted by molar-refractivity contribution is 9.10. The van der Waals surface area contributed by atoms with Crippen LogP contribution in [0.15, 0.2) is 52.6 Å². The number of halogens is 1. The molecule has 2 heterocycles. The summed E-state index contributed by atoms with van der Waals surface area (Å²) in [6, 6.07) is 5.45. The number of aromatic nitrogens is 1. The molecule has 1 aromatic heterocycles. The molecule has 0 radical (unpaired) electrons. The van der Waals surface area contributed by atoms with Crippen LogP contribution in [-0.4, -0.2) is 43.4 Å². The summed E-state index contributed by atoms with van der Waals surface area (Å²) in [4.78, 5) is 4.43. The first-order valence-electron chi connectivity index (χ1n) is 7.40. The molecule has 0 bridgehead atoms. The zero-order valence-corrected chi connectivity index (χ0v) is 15.0. The van der Waals surface area contributed by atoms with Gasteiger partial charge in [-0.3, -0.25) is 4.98 Å². The molecule has 3 rings (SSSR count). The monoisotopic (exact) mass is 395 g/mol. The first kappa shape index (κ1) is 16.6. The SMILES string of the molecule is C=CCN[C@H]1CCN(S(=O)(=O)c2cccc3cncc(Br)c23)C1. The zero-order chi connectivity index (χ0) is 16.4. The fraction of sp³-hybridized carbons (Fsp3) is 0.312. The van der Waals surface area contributed by atoms with Gasteiger partial charge in [0.2, 0.25) is 10.0 Å². The number of pyridine rings is 1. The predicted octanol–water partition coefficient (Wildman–Crippen LogP) is 2.54. The van der Waals surface area contributed by atoms with Gasteiger partial charge in [-0.05, 0) is 28.4 Å². The Hall–Kier alpha value is -1.28. The van der Waals surface area contributed by atoms with Crippen molar-refractivity contribution in [1.82, 2.24) is 14.6 Å².